The van der Waals surface area contributed by atoms with Crippen LogP contribution in [0.3, 0.4) is 0 Å². The lowest BCUT2D eigenvalue weighted by Gasteiger charge is -2.22. The Hall–Kier alpha value is 0.00688. The first kappa shape index (κ1) is 12.1. The van der Waals surface area contributed by atoms with Crippen LogP contribution in [0.4, 0.5) is 0 Å². The summed E-state index contributed by atoms with van der Waals surface area (Å²) in [5.74, 6) is 0.896. The number of halogens is 2. The molecule has 0 aliphatic carbocycles. The van der Waals surface area contributed by atoms with Crippen molar-refractivity contribution in [3.63, 3.8) is 0 Å². The second-order valence-corrected chi connectivity index (χ2v) is 9.58. The Morgan fingerprint density at radius 3 is 2.57 bits per heavy atom. The highest BCUT2D eigenvalue weighted by Crippen LogP contribution is 2.28. The van der Waals surface area contributed by atoms with E-state index >= 15 is 0 Å². The van der Waals surface area contributed by atoms with Gasteiger partial charge in [0.2, 0.25) is 0 Å². The van der Waals surface area contributed by atoms with Crippen molar-refractivity contribution in [2.75, 3.05) is 5.50 Å². The third kappa shape index (κ3) is 3.30. The third-order valence-corrected chi connectivity index (χ3v) is 5.76. The van der Waals surface area contributed by atoms with E-state index in [2.05, 4.69) is 35.9 Å². The highest BCUT2D eigenvalue weighted by Gasteiger charge is 2.23. The van der Waals surface area contributed by atoms with Gasteiger partial charge in [0.05, 0.1) is 9.98 Å². The molecule has 0 saturated heterocycles. The standard InChI is InChI=1S/C10H14BrClOSi/c1-8-4-5-10(9(11)6-8)13-14(2,3)7-12/h4-6H,7H2,1-3H3. The van der Waals surface area contributed by atoms with Crippen LogP contribution in [0.2, 0.25) is 13.1 Å². The third-order valence-electron chi connectivity index (χ3n) is 1.80. The molecule has 0 aliphatic heterocycles. The highest BCUT2D eigenvalue weighted by molar-refractivity contribution is 9.10. The minimum atomic E-state index is -1.73. The van der Waals surface area contributed by atoms with Crippen molar-refractivity contribution >= 4 is 35.8 Å². The van der Waals surface area contributed by atoms with Gasteiger partial charge in [-0.3, -0.25) is 0 Å². The molecule has 0 aromatic heterocycles. The molecule has 1 aromatic rings. The number of aryl methyl sites for hydroxylation is 1. The molecule has 0 spiro atoms. The first-order chi connectivity index (χ1) is 6.44. The zero-order valence-electron chi connectivity index (χ0n) is 8.60. The lowest BCUT2D eigenvalue weighted by molar-refractivity contribution is 0.552. The maximum atomic E-state index is 5.90. The summed E-state index contributed by atoms with van der Waals surface area (Å²) in [6.07, 6.45) is 0. The molecule has 0 radical (unpaired) electrons. The van der Waals surface area contributed by atoms with E-state index in [1.165, 1.54) is 5.56 Å². The summed E-state index contributed by atoms with van der Waals surface area (Å²) >= 11 is 9.33. The number of rotatable bonds is 3. The first-order valence-corrected chi connectivity index (χ1v) is 8.90. The van der Waals surface area contributed by atoms with E-state index in [1.807, 2.05) is 18.2 Å². The van der Waals surface area contributed by atoms with Gasteiger partial charge >= 0.3 is 0 Å². The monoisotopic (exact) mass is 292 g/mol. The largest absolute Gasteiger partial charge is 0.542 e. The van der Waals surface area contributed by atoms with Crippen molar-refractivity contribution in [1.29, 1.82) is 0 Å². The molecule has 0 aliphatic rings. The van der Waals surface area contributed by atoms with Crippen LogP contribution in [0.15, 0.2) is 22.7 Å². The van der Waals surface area contributed by atoms with Crippen LogP contribution in [0, 0.1) is 6.92 Å². The lowest BCUT2D eigenvalue weighted by atomic mass is 10.2. The van der Waals surface area contributed by atoms with Gasteiger partial charge in [0, 0.05) is 0 Å². The quantitative estimate of drug-likeness (QED) is 0.602. The van der Waals surface area contributed by atoms with Gasteiger partial charge in [-0.25, -0.2) is 0 Å². The van der Waals surface area contributed by atoms with Crippen LogP contribution in [-0.4, -0.2) is 13.8 Å². The minimum Gasteiger partial charge on any atom is -0.542 e. The van der Waals surface area contributed by atoms with Crippen LogP contribution >= 0.6 is 27.5 Å². The van der Waals surface area contributed by atoms with Crippen LogP contribution in [0.1, 0.15) is 5.56 Å². The molecule has 0 heterocycles. The molecule has 0 unspecified atom stereocenters. The Bertz CT molecular complexity index is 328. The van der Waals surface area contributed by atoms with Gasteiger partial charge in [0.1, 0.15) is 5.75 Å². The zero-order valence-corrected chi connectivity index (χ0v) is 11.9. The lowest BCUT2D eigenvalue weighted by Crippen LogP contribution is -2.36. The predicted molar refractivity (Wildman–Crippen MR) is 67.7 cm³/mol. The molecule has 0 saturated carbocycles. The summed E-state index contributed by atoms with van der Waals surface area (Å²) < 4.78 is 6.90. The molecule has 0 atom stereocenters. The fourth-order valence-electron chi connectivity index (χ4n) is 1.01. The van der Waals surface area contributed by atoms with Gasteiger partial charge in [-0.15, -0.1) is 11.6 Å². The van der Waals surface area contributed by atoms with E-state index < -0.39 is 8.32 Å². The van der Waals surface area contributed by atoms with Gasteiger partial charge < -0.3 is 4.43 Å². The fraction of sp³-hybridized carbons (Fsp3) is 0.400. The van der Waals surface area contributed by atoms with E-state index in [-0.39, 0.29) is 0 Å². The molecule has 1 rings (SSSR count). The van der Waals surface area contributed by atoms with Crippen LogP contribution in [0.25, 0.3) is 0 Å². The average molecular weight is 294 g/mol. The predicted octanol–water partition coefficient (Wildman–Crippen LogP) is 4.12. The summed E-state index contributed by atoms with van der Waals surface area (Å²) in [5.41, 5.74) is 1.82. The second kappa shape index (κ2) is 4.68. The van der Waals surface area contributed by atoms with Gasteiger partial charge in [-0.05, 0) is 53.6 Å². The van der Waals surface area contributed by atoms with Gasteiger partial charge in [0.25, 0.3) is 8.32 Å². The van der Waals surface area contributed by atoms with Crippen LogP contribution < -0.4 is 4.43 Å². The first-order valence-electron chi connectivity index (χ1n) is 4.46. The number of hydrogen-bond acceptors (Lipinski definition) is 1. The molecule has 78 valence electrons. The molecule has 0 amide bonds. The molecule has 0 bridgehead atoms. The number of benzene rings is 1. The van der Waals surface area contributed by atoms with Crippen molar-refractivity contribution in [3.8, 4) is 5.75 Å². The van der Waals surface area contributed by atoms with Gasteiger partial charge in [-0.2, -0.15) is 0 Å². The summed E-state index contributed by atoms with van der Waals surface area (Å²) in [6, 6.07) is 6.08. The second-order valence-electron chi connectivity index (χ2n) is 3.93. The molecular formula is C10H14BrClOSi. The molecule has 4 heteroatoms. The molecule has 14 heavy (non-hydrogen) atoms. The smallest absolute Gasteiger partial charge is 0.259 e. The summed E-state index contributed by atoms with van der Waals surface area (Å²) in [4.78, 5) is 0. The fourth-order valence-corrected chi connectivity index (χ4v) is 2.73. The Morgan fingerprint density at radius 2 is 2.07 bits per heavy atom. The average Bonchev–Trinajstić information content (AvgIpc) is 2.10. The Labute approximate surface area is 99.7 Å². The zero-order chi connectivity index (χ0) is 10.8. The van der Waals surface area contributed by atoms with E-state index in [4.69, 9.17) is 16.0 Å². The van der Waals surface area contributed by atoms with Crippen molar-refractivity contribution < 1.29 is 4.43 Å². The van der Waals surface area contributed by atoms with Crippen molar-refractivity contribution in [1.82, 2.24) is 0 Å². The summed E-state index contributed by atoms with van der Waals surface area (Å²) in [7, 11) is -1.73. The summed E-state index contributed by atoms with van der Waals surface area (Å²) in [5, 5.41) is 0. The Morgan fingerprint density at radius 1 is 1.43 bits per heavy atom. The minimum absolute atomic E-state index is 0.604. The Kier molecular flexibility index (Phi) is 4.04. The van der Waals surface area contributed by atoms with Gasteiger partial charge in [0.15, 0.2) is 0 Å². The maximum Gasteiger partial charge on any atom is 0.259 e. The van der Waals surface area contributed by atoms with Crippen LogP contribution in [-0.2, 0) is 0 Å². The Balaban J connectivity index is 2.87. The normalized spacial score (nSPS) is 11.5. The summed E-state index contributed by atoms with van der Waals surface area (Å²) in [6.45, 7) is 6.26. The number of alkyl halides is 1. The van der Waals surface area contributed by atoms with Gasteiger partial charge in [-0.1, -0.05) is 6.07 Å². The molecule has 0 N–H and O–H groups in total. The van der Waals surface area contributed by atoms with Crippen molar-refractivity contribution in [2.45, 2.75) is 20.0 Å². The van der Waals surface area contributed by atoms with E-state index in [0.717, 1.165) is 10.2 Å². The molecule has 0 fully saturated rings. The van der Waals surface area contributed by atoms with E-state index in [0.29, 0.717) is 5.50 Å². The molecule has 1 aromatic carbocycles. The maximum absolute atomic E-state index is 5.90. The highest BCUT2D eigenvalue weighted by atomic mass is 79.9. The SMILES string of the molecule is Cc1ccc(O[Si](C)(C)CCl)c(Br)c1. The van der Waals surface area contributed by atoms with Crippen LogP contribution in [0.5, 0.6) is 5.75 Å². The van der Waals surface area contributed by atoms with E-state index in [9.17, 15) is 0 Å². The van der Waals surface area contributed by atoms with E-state index in [1.54, 1.807) is 0 Å². The number of hydrogen-bond donors (Lipinski definition) is 0. The van der Waals surface area contributed by atoms with Crippen molar-refractivity contribution in [3.05, 3.63) is 28.2 Å². The van der Waals surface area contributed by atoms with Crippen molar-refractivity contribution in [2.24, 2.45) is 0 Å². The molecule has 1 nitrogen and oxygen atoms in total. The topological polar surface area (TPSA) is 9.23 Å². The molecular weight excluding hydrogens is 280 g/mol.